The Labute approximate surface area is 115 Å². The molecule has 2 nitrogen and oxygen atoms in total. The summed E-state index contributed by atoms with van der Waals surface area (Å²) >= 11 is 1.65. The van der Waals surface area contributed by atoms with Crippen LogP contribution in [0.3, 0.4) is 0 Å². The fourth-order valence-corrected chi connectivity index (χ4v) is 3.43. The summed E-state index contributed by atoms with van der Waals surface area (Å²) in [7, 11) is 1.82. The molecule has 0 aliphatic carbocycles. The van der Waals surface area contributed by atoms with Crippen molar-refractivity contribution in [2.45, 2.75) is 12.8 Å². The minimum absolute atomic E-state index is 0.0836. The van der Waals surface area contributed by atoms with Crippen LogP contribution in [-0.4, -0.2) is 4.57 Å². The van der Waals surface area contributed by atoms with E-state index in [2.05, 4.69) is 31.2 Å². The summed E-state index contributed by atoms with van der Waals surface area (Å²) in [5.74, 6) is 0.286. The SMILES string of the molecule is CC(c1ccccc1)c1cn(C)c(=O)c2ccsc12. The molecular weight excluding hydrogens is 254 g/mol. The first-order chi connectivity index (χ1) is 9.18. The van der Waals surface area contributed by atoms with Crippen molar-refractivity contribution in [1.29, 1.82) is 0 Å². The lowest BCUT2D eigenvalue weighted by Crippen LogP contribution is -2.17. The first kappa shape index (κ1) is 12.2. The molecule has 0 N–H and O–H groups in total. The number of fused-ring (bicyclic) bond motifs is 1. The summed E-state index contributed by atoms with van der Waals surface area (Å²) in [6.45, 7) is 2.19. The van der Waals surface area contributed by atoms with Gasteiger partial charge in [-0.1, -0.05) is 37.3 Å². The molecule has 2 aromatic heterocycles. The number of aromatic nitrogens is 1. The van der Waals surface area contributed by atoms with E-state index in [1.165, 1.54) is 11.1 Å². The van der Waals surface area contributed by atoms with Crippen LogP contribution in [0.2, 0.25) is 0 Å². The molecular formula is C16H15NOS. The molecule has 3 rings (SSSR count). The maximum atomic E-state index is 12.1. The lowest BCUT2D eigenvalue weighted by Gasteiger charge is -2.14. The number of pyridine rings is 1. The summed E-state index contributed by atoms with van der Waals surface area (Å²) in [5.41, 5.74) is 2.58. The van der Waals surface area contributed by atoms with Crippen molar-refractivity contribution < 1.29 is 0 Å². The van der Waals surface area contributed by atoms with Crippen molar-refractivity contribution in [3.63, 3.8) is 0 Å². The first-order valence-electron chi connectivity index (χ1n) is 6.30. The molecule has 0 aliphatic heterocycles. The lowest BCUT2D eigenvalue weighted by atomic mass is 9.94. The Morgan fingerprint density at radius 1 is 1.16 bits per heavy atom. The second kappa shape index (κ2) is 4.67. The summed E-state index contributed by atoms with van der Waals surface area (Å²) in [6.07, 6.45) is 1.97. The topological polar surface area (TPSA) is 22.0 Å². The van der Waals surface area contributed by atoms with E-state index in [4.69, 9.17) is 0 Å². The zero-order valence-electron chi connectivity index (χ0n) is 11.0. The fourth-order valence-electron chi connectivity index (χ4n) is 2.45. The van der Waals surface area contributed by atoms with E-state index >= 15 is 0 Å². The second-order valence-electron chi connectivity index (χ2n) is 4.80. The number of aryl methyl sites for hydroxylation is 1. The van der Waals surface area contributed by atoms with Gasteiger partial charge in [0.1, 0.15) is 0 Å². The van der Waals surface area contributed by atoms with Gasteiger partial charge in [0.2, 0.25) is 0 Å². The maximum absolute atomic E-state index is 12.1. The average molecular weight is 269 g/mol. The Bertz CT molecular complexity index is 770. The van der Waals surface area contributed by atoms with E-state index in [0.29, 0.717) is 0 Å². The molecule has 0 bridgehead atoms. The minimum atomic E-state index is 0.0836. The third kappa shape index (κ3) is 2.00. The van der Waals surface area contributed by atoms with Gasteiger partial charge in [0.25, 0.3) is 5.56 Å². The molecule has 2 heterocycles. The van der Waals surface area contributed by atoms with E-state index in [1.807, 2.05) is 30.8 Å². The quantitative estimate of drug-likeness (QED) is 0.694. The molecule has 0 spiro atoms. The molecule has 0 fully saturated rings. The van der Waals surface area contributed by atoms with E-state index in [9.17, 15) is 4.79 Å². The molecule has 1 unspecified atom stereocenters. The zero-order chi connectivity index (χ0) is 13.4. The van der Waals surface area contributed by atoms with Crippen LogP contribution in [0.15, 0.2) is 52.8 Å². The predicted molar refractivity (Wildman–Crippen MR) is 81.0 cm³/mol. The van der Waals surface area contributed by atoms with Crippen LogP contribution < -0.4 is 5.56 Å². The third-order valence-corrected chi connectivity index (χ3v) is 4.54. The summed E-state index contributed by atoms with van der Waals surface area (Å²) in [5, 5.41) is 2.82. The van der Waals surface area contributed by atoms with Gasteiger partial charge in [0.05, 0.1) is 5.39 Å². The highest BCUT2D eigenvalue weighted by molar-refractivity contribution is 7.17. The van der Waals surface area contributed by atoms with Crippen LogP contribution in [0, 0.1) is 0 Å². The van der Waals surface area contributed by atoms with E-state index in [1.54, 1.807) is 15.9 Å². The van der Waals surface area contributed by atoms with Gasteiger partial charge in [-0.25, -0.2) is 0 Å². The minimum Gasteiger partial charge on any atom is -0.318 e. The average Bonchev–Trinajstić information content (AvgIpc) is 2.93. The molecule has 19 heavy (non-hydrogen) atoms. The van der Waals surface area contributed by atoms with Crippen molar-refractivity contribution in [2.75, 3.05) is 0 Å². The number of nitrogens with zero attached hydrogens (tertiary/aromatic N) is 1. The molecule has 3 aromatic rings. The number of rotatable bonds is 2. The highest BCUT2D eigenvalue weighted by Crippen LogP contribution is 2.31. The summed E-state index contributed by atoms with van der Waals surface area (Å²) in [4.78, 5) is 12.1. The van der Waals surface area contributed by atoms with Crippen molar-refractivity contribution in [1.82, 2.24) is 4.57 Å². The molecule has 0 radical (unpaired) electrons. The Morgan fingerprint density at radius 2 is 1.89 bits per heavy atom. The molecule has 0 saturated carbocycles. The van der Waals surface area contributed by atoms with Gasteiger partial charge in [-0.3, -0.25) is 4.79 Å². The van der Waals surface area contributed by atoms with Gasteiger partial charge in [0, 0.05) is 23.9 Å². The highest BCUT2D eigenvalue weighted by Gasteiger charge is 2.15. The van der Waals surface area contributed by atoms with Crippen molar-refractivity contribution >= 4 is 21.4 Å². The monoisotopic (exact) mass is 269 g/mol. The second-order valence-corrected chi connectivity index (χ2v) is 5.71. The van der Waals surface area contributed by atoms with Crippen LogP contribution in [0.25, 0.3) is 10.1 Å². The van der Waals surface area contributed by atoms with Crippen molar-refractivity contribution in [3.05, 3.63) is 69.5 Å². The van der Waals surface area contributed by atoms with E-state index < -0.39 is 0 Å². The molecule has 0 amide bonds. The smallest absolute Gasteiger partial charge is 0.259 e. The molecule has 0 aliphatic rings. The van der Waals surface area contributed by atoms with Crippen LogP contribution in [0.4, 0.5) is 0 Å². The number of hydrogen-bond acceptors (Lipinski definition) is 2. The number of hydrogen-bond donors (Lipinski definition) is 0. The van der Waals surface area contributed by atoms with Crippen LogP contribution in [0.1, 0.15) is 24.0 Å². The molecule has 1 aromatic carbocycles. The summed E-state index contributed by atoms with van der Waals surface area (Å²) in [6, 6.07) is 12.3. The normalized spacial score (nSPS) is 12.7. The highest BCUT2D eigenvalue weighted by atomic mass is 32.1. The summed E-state index contributed by atoms with van der Waals surface area (Å²) < 4.78 is 2.79. The van der Waals surface area contributed by atoms with Crippen LogP contribution >= 0.6 is 11.3 Å². The third-order valence-electron chi connectivity index (χ3n) is 3.58. The molecule has 96 valence electrons. The van der Waals surface area contributed by atoms with Gasteiger partial charge in [-0.2, -0.15) is 0 Å². The van der Waals surface area contributed by atoms with Crippen LogP contribution in [0.5, 0.6) is 0 Å². The first-order valence-corrected chi connectivity index (χ1v) is 7.18. The number of thiophene rings is 1. The largest absolute Gasteiger partial charge is 0.318 e. The van der Waals surface area contributed by atoms with Crippen molar-refractivity contribution in [3.8, 4) is 0 Å². The zero-order valence-corrected chi connectivity index (χ0v) is 11.8. The lowest BCUT2D eigenvalue weighted by molar-refractivity contribution is 0.832. The molecule has 0 saturated heterocycles. The van der Waals surface area contributed by atoms with Gasteiger partial charge in [-0.05, 0) is 22.6 Å². The predicted octanol–water partition coefficient (Wildman–Crippen LogP) is 3.75. The van der Waals surface area contributed by atoms with Gasteiger partial charge in [0.15, 0.2) is 0 Å². The van der Waals surface area contributed by atoms with Gasteiger partial charge < -0.3 is 4.57 Å². The van der Waals surface area contributed by atoms with Gasteiger partial charge in [-0.15, -0.1) is 11.3 Å². The fraction of sp³-hybridized carbons (Fsp3) is 0.188. The Balaban J connectivity index is 2.23. The Kier molecular flexibility index (Phi) is 2.99. The maximum Gasteiger partial charge on any atom is 0.259 e. The van der Waals surface area contributed by atoms with Crippen LogP contribution in [-0.2, 0) is 7.05 Å². The van der Waals surface area contributed by atoms with Crippen molar-refractivity contribution in [2.24, 2.45) is 7.05 Å². The number of benzene rings is 1. The van der Waals surface area contributed by atoms with E-state index in [0.717, 1.165) is 10.1 Å². The molecule has 1 atom stereocenters. The Hall–Kier alpha value is -1.87. The molecule has 3 heteroatoms. The van der Waals surface area contributed by atoms with E-state index in [-0.39, 0.29) is 11.5 Å². The standard InChI is InChI=1S/C16H15NOS/c1-11(12-6-4-3-5-7-12)14-10-17(2)16(18)13-8-9-19-15(13)14/h3-11H,1-2H3. The van der Waals surface area contributed by atoms with Gasteiger partial charge >= 0.3 is 0 Å². The Morgan fingerprint density at radius 3 is 2.63 bits per heavy atom.